The molecule has 0 aliphatic heterocycles. The maximum absolute atomic E-state index is 10.2. The Morgan fingerprint density at radius 3 is 2.89 bits per heavy atom. The molecule has 18 heavy (non-hydrogen) atoms. The molecule has 2 saturated carbocycles. The summed E-state index contributed by atoms with van der Waals surface area (Å²) in [4.78, 5) is 4.15. The number of halogens is 1. The Bertz CT molecular complexity index is 423. The van der Waals surface area contributed by atoms with Crippen molar-refractivity contribution in [2.75, 3.05) is 0 Å². The van der Waals surface area contributed by atoms with Crippen LogP contribution in [-0.4, -0.2) is 16.2 Å². The summed E-state index contributed by atoms with van der Waals surface area (Å²) in [5.41, 5.74) is 1.13. The Morgan fingerprint density at radius 1 is 1.33 bits per heavy atom. The van der Waals surface area contributed by atoms with Crippen LogP contribution in [0.25, 0.3) is 0 Å². The summed E-state index contributed by atoms with van der Waals surface area (Å²) in [6.07, 6.45) is 10.8. The van der Waals surface area contributed by atoms with Crippen molar-refractivity contribution in [3.05, 3.63) is 28.5 Å². The number of fused-ring (bicyclic) bond motifs is 2. The molecule has 2 aliphatic carbocycles. The summed E-state index contributed by atoms with van der Waals surface area (Å²) in [7, 11) is 0. The maximum Gasteiger partial charge on any atom is 0.0583 e. The molecule has 2 fully saturated rings. The first kappa shape index (κ1) is 12.6. The van der Waals surface area contributed by atoms with E-state index in [2.05, 4.69) is 27.0 Å². The molecule has 4 atom stereocenters. The van der Waals surface area contributed by atoms with Crippen LogP contribution in [0.1, 0.15) is 37.7 Å². The minimum Gasteiger partial charge on any atom is -0.393 e. The predicted molar refractivity (Wildman–Crippen MR) is 75.2 cm³/mol. The number of hydrogen-bond donors (Lipinski definition) is 1. The Hall–Kier alpha value is -0.410. The highest BCUT2D eigenvalue weighted by molar-refractivity contribution is 9.10. The lowest BCUT2D eigenvalue weighted by Crippen LogP contribution is -2.20. The van der Waals surface area contributed by atoms with Crippen molar-refractivity contribution in [3.63, 3.8) is 0 Å². The maximum atomic E-state index is 10.2. The Kier molecular flexibility index (Phi) is 3.71. The molecule has 0 saturated heterocycles. The van der Waals surface area contributed by atoms with Gasteiger partial charge in [0, 0.05) is 16.9 Å². The van der Waals surface area contributed by atoms with Crippen LogP contribution in [0.5, 0.6) is 0 Å². The van der Waals surface area contributed by atoms with Gasteiger partial charge in [-0.3, -0.25) is 4.98 Å². The number of rotatable bonds is 4. The first-order valence-electron chi connectivity index (χ1n) is 6.98. The molecule has 1 heterocycles. The molecule has 0 radical (unpaired) electrons. The molecule has 0 amide bonds. The normalized spacial score (nSPS) is 31.8. The number of aliphatic hydroxyl groups is 1. The smallest absolute Gasteiger partial charge is 0.0583 e. The molecule has 0 spiro atoms. The molecule has 2 aliphatic rings. The summed E-state index contributed by atoms with van der Waals surface area (Å²) < 4.78 is 0.993. The van der Waals surface area contributed by atoms with E-state index in [0.29, 0.717) is 0 Å². The molecular formula is C15H20BrNO. The molecule has 2 bridgehead atoms. The number of aromatic nitrogens is 1. The van der Waals surface area contributed by atoms with Crippen LogP contribution in [0.3, 0.4) is 0 Å². The van der Waals surface area contributed by atoms with Crippen LogP contribution >= 0.6 is 15.9 Å². The first-order valence-corrected chi connectivity index (χ1v) is 7.77. The van der Waals surface area contributed by atoms with Crippen LogP contribution in [-0.2, 0) is 6.42 Å². The van der Waals surface area contributed by atoms with Crippen LogP contribution in [0.15, 0.2) is 22.9 Å². The molecule has 4 unspecified atom stereocenters. The van der Waals surface area contributed by atoms with E-state index >= 15 is 0 Å². The van der Waals surface area contributed by atoms with Crippen molar-refractivity contribution in [2.45, 2.75) is 44.6 Å². The molecule has 3 rings (SSSR count). The SMILES string of the molecule is OC(Cc1cncc(Br)c1)CC1CC2CCC1C2. The largest absolute Gasteiger partial charge is 0.393 e. The average molecular weight is 310 g/mol. The predicted octanol–water partition coefficient (Wildman–Crippen LogP) is 3.57. The third-order valence-corrected chi connectivity index (χ3v) is 5.13. The third kappa shape index (κ3) is 2.77. The minimum atomic E-state index is -0.203. The lowest BCUT2D eigenvalue weighted by molar-refractivity contribution is 0.124. The van der Waals surface area contributed by atoms with Gasteiger partial charge in [-0.2, -0.15) is 0 Å². The van der Waals surface area contributed by atoms with E-state index < -0.39 is 0 Å². The molecule has 1 aromatic heterocycles. The molecular weight excluding hydrogens is 290 g/mol. The standard InChI is InChI=1S/C15H20BrNO/c16-14-5-11(8-17-9-14)6-15(18)7-13-4-10-1-2-12(13)3-10/h5,8-10,12-13,15,18H,1-4,6-7H2. The van der Waals surface area contributed by atoms with Gasteiger partial charge in [-0.15, -0.1) is 0 Å². The van der Waals surface area contributed by atoms with Crippen LogP contribution in [0.2, 0.25) is 0 Å². The van der Waals surface area contributed by atoms with E-state index in [1.54, 1.807) is 6.20 Å². The average Bonchev–Trinajstić information content (AvgIpc) is 2.90. The van der Waals surface area contributed by atoms with Crippen molar-refractivity contribution in [3.8, 4) is 0 Å². The Balaban J connectivity index is 1.54. The van der Waals surface area contributed by atoms with E-state index in [9.17, 15) is 5.11 Å². The lowest BCUT2D eigenvalue weighted by Gasteiger charge is -2.24. The minimum absolute atomic E-state index is 0.203. The van der Waals surface area contributed by atoms with Gasteiger partial charge in [0.1, 0.15) is 0 Å². The fraction of sp³-hybridized carbons (Fsp3) is 0.667. The van der Waals surface area contributed by atoms with Gasteiger partial charge in [0.2, 0.25) is 0 Å². The second-order valence-electron chi connectivity index (χ2n) is 6.04. The van der Waals surface area contributed by atoms with Gasteiger partial charge in [0.15, 0.2) is 0 Å². The fourth-order valence-corrected chi connectivity index (χ4v) is 4.35. The van der Waals surface area contributed by atoms with E-state index in [1.807, 2.05) is 6.20 Å². The quantitative estimate of drug-likeness (QED) is 0.922. The van der Waals surface area contributed by atoms with E-state index in [-0.39, 0.29) is 6.10 Å². The van der Waals surface area contributed by atoms with Crippen molar-refractivity contribution >= 4 is 15.9 Å². The van der Waals surface area contributed by atoms with Crippen LogP contribution in [0.4, 0.5) is 0 Å². The number of nitrogens with zero attached hydrogens (tertiary/aromatic N) is 1. The van der Waals surface area contributed by atoms with Gasteiger partial charge >= 0.3 is 0 Å². The van der Waals surface area contributed by atoms with Crippen molar-refractivity contribution < 1.29 is 5.11 Å². The van der Waals surface area contributed by atoms with Gasteiger partial charge in [-0.1, -0.05) is 6.42 Å². The summed E-state index contributed by atoms with van der Waals surface area (Å²) in [6.45, 7) is 0. The van der Waals surface area contributed by atoms with Gasteiger partial charge < -0.3 is 5.11 Å². The van der Waals surface area contributed by atoms with Crippen molar-refractivity contribution in [1.82, 2.24) is 4.98 Å². The van der Waals surface area contributed by atoms with Gasteiger partial charge in [-0.05, 0) is 77.4 Å². The summed E-state index contributed by atoms with van der Waals surface area (Å²) in [5, 5.41) is 10.2. The van der Waals surface area contributed by atoms with E-state index in [1.165, 1.54) is 25.7 Å². The van der Waals surface area contributed by atoms with Crippen LogP contribution in [0, 0.1) is 17.8 Å². The highest BCUT2D eigenvalue weighted by atomic mass is 79.9. The van der Waals surface area contributed by atoms with Crippen LogP contribution < -0.4 is 0 Å². The van der Waals surface area contributed by atoms with E-state index in [0.717, 1.165) is 40.6 Å². The molecule has 2 nitrogen and oxygen atoms in total. The second kappa shape index (κ2) is 5.30. The third-order valence-electron chi connectivity index (χ3n) is 4.69. The monoisotopic (exact) mass is 309 g/mol. The Labute approximate surface area is 117 Å². The van der Waals surface area contributed by atoms with Crippen molar-refractivity contribution in [1.29, 1.82) is 0 Å². The first-order chi connectivity index (χ1) is 8.70. The van der Waals surface area contributed by atoms with Crippen molar-refractivity contribution in [2.24, 2.45) is 17.8 Å². The second-order valence-corrected chi connectivity index (χ2v) is 6.96. The van der Waals surface area contributed by atoms with Gasteiger partial charge in [-0.25, -0.2) is 0 Å². The highest BCUT2D eigenvalue weighted by Gasteiger charge is 2.39. The Morgan fingerprint density at radius 2 is 2.22 bits per heavy atom. The zero-order chi connectivity index (χ0) is 12.5. The molecule has 1 aromatic rings. The molecule has 0 aromatic carbocycles. The number of pyridine rings is 1. The summed E-state index contributed by atoms with van der Waals surface area (Å²) >= 11 is 3.42. The number of hydrogen-bond acceptors (Lipinski definition) is 2. The zero-order valence-corrected chi connectivity index (χ0v) is 12.1. The number of aliphatic hydroxyl groups excluding tert-OH is 1. The molecule has 98 valence electrons. The fourth-order valence-electron chi connectivity index (χ4n) is 3.94. The van der Waals surface area contributed by atoms with Gasteiger partial charge in [0.05, 0.1) is 6.10 Å². The molecule has 1 N–H and O–H groups in total. The lowest BCUT2D eigenvalue weighted by atomic mass is 9.84. The zero-order valence-electron chi connectivity index (χ0n) is 10.6. The topological polar surface area (TPSA) is 33.1 Å². The van der Waals surface area contributed by atoms with Gasteiger partial charge in [0.25, 0.3) is 0 Å². The highest BCUT2D eigenvalue weighted by Crippen LogP contribution is 2.49. The summed E-state index contributed by atoms with van der Waals surface area (Å²) in [5.74, 6) is 2.66. The van der Waals surface area contributed by atoms with E-state index in [4.69, 9.17) is 0 Å². The summed E-state index contributed by atoms with van der Waals surface area (Å²) in [6, 6.07) is 2.05. The molecule has 3 heteroatoms.